The summed E-state index contributed by atoms with van der Waals surface area (Å²) in [6.07, 6.45) is 0. The van der Waals surface area contributed by atoms with Gasteiger partial charge in [0, 0.05) is 13.1 Å². The summed E-state index contributed by atoms with van der Waals surface area (Å²) in [5.74, 6) is -0.804. The first-order chi connectivity index (χ1) is 8.26. The van der Waals surface area contributed by atoms with Gasteiger partial charge < -0.3 is 10.6 Å². The van der Waals surface area contributed by atoms with Crippen LogP contribution in [-0.2, 0) is 9.59 Å². The Morgan fingerprint density at radius 1 is 0.895 bits per heavy atom. The molecule has 104 valence electrons. The number of hydrogen-bond acceptors (Lipinski definition) is 2. The van der Waals surface area contributed by atoms with Crippen LogP contribution in [0.25, 0.3) is 0 Å². The van der Waals surface area contributed by atoms with Crippen LogP contribution in [-0.4, -0.2) is 46.9 Å². The summed E-state index contributed by atoms with van der Waals surface area (Å²) in [4.78, 5) is 23.1. The molecule has 10 heteroatoms. The van der Waals surface area contributed by atoms with Gasteiger partial charge in [0.25, 0.3) is 0 Å². The smallest absolute Gasteiger partial charge is 0.238 e. The van der Waals surface area contributed by atoms with E-state index in [0.717, 1.165) is 0 Å². The summed E-state index contributed by atoms with van der Waals surface area (Å²) in [6.45, 7) is 4.44. The Morgan fingerprint density at radius 3 is 1.37 bits per heavy atom. The largest absolute Gasteiger partial charge is 0.354 e. The van der Waals surface area contributed by atoms with E-state index in [1.165, 1.54) is 0 Å². The first kappa shape index (κ1) is 20.0. The maximum absolute atomic E-state index is 11.6. The molecule has 0 unspecified atom stereocenters. The molecular formula is C9H12B2Br4N2O2. The monoisotopic (exact) mass is 518 g/mol. The lowest BCUT2D eigenvalue weighted by Gasteiger charge is -2.28. The van der Waals surface area contributed by atoms with Crippen molar-refractivity contribution in [2.24, 2.45) is 5.41 Å². The molecule has 4 radical (unpaired) electrons. The molecule has 2 N–H and O–H groups in total. The van der Waals surface area contributed by atoms with Crippen molar-refractivity contribution in [3.05, 3.63) is 0 Å². The van der Waals surface area contributed by atoms with Gasteiger partial charge in [0.05, 0.1) is 0 Å². The number of amides is 2. The highest BCUT2D eigenvalue weighted by Gasteiger charge is 2.30. The van der Waals surface area contributed by atoms with Crippen LogP contribution in [0.3, 0.4) is 0 Å². The molecule has 0 spiro atoms. The van der Waals surface area contributed by atoms with Crippen molar-refractivity contribution >= 4 is 91.2 Å². The molecule has 0 aromatic rings. The summed E-state index contributed by atoms with van der Waals surface area (Å²) in [6, 6.07) is 0. The molecule has 4 nitrogen and oxygen atoms in total. The Balaban J connectivity index is 4.28. The van der Waals surface area contributed by atoms with E-state index in [2.05, 4.69) is 74.4 Å². The fraction of sp³-hybridized carbons (Fsp3) is 0.778. The fourth-order valence-corrected chi connectivity index (χ4v) is 1.50. The molecule has 2 amide bonds. The number of carbonyl (C=O) groups excluding carboxylic acids is 2. The summed E-state index contributed by atoms with van der Waals surface area (Å²) < 4.78 is -2.59. The summed E-state index contributed by atoms with van der Waals surface area (Å²) in [5.41, 5.74) is -0.359. The van der Waals surface area contributed by atoms with Gasteiger partial charge in [-0.25, -0.2) is 0 Å². The third-order valence-corrected chi connectivity index (χ3v) is 3.50. The van der Waals surface area contributed by atoms with Gasteiger partial charge >= 0.3 is 0 Å². The molecule has 0 atom stereocenters. The van der Waals surface area contributed by atoms with E-state index in [1.54, 1.807) is 0 Å². The Kier molecular flexibility index (Phi) is 7.69. The van der Waals surface area contributed by atoms with Crippen molar-refractivity contribution in [3.8, 4) is 0 Å². The molecule has 0 heterocycles. The zero-order chi connectivity index (χ0) is 15.5. The van der Waals surface area contributed by atoms with E-state index in [4.69, 9.17) is 15.7 Å². The number of halogens is 4. The molecule has 0 saturated heterocycles. The highest BCUT2D eigenvalue weighted by molar-refractivity contribution is 9.26. The molecule has 0 fully saturated rings. The molecule has 0 saturated carbocycles. The second-order valence-corrected chi connectivity index (χ2v) is 11.9. The van der Waals surface area contributed by atoms with E-state index < -0.39 is 18.1 Å². The minimum Gasteiger partial charge on any atom is -0.354 e. The quantitative estimate of drug-likeness (QED) is 0.411. The molecule has 0 aliphatic rings. The van der Waals surface area contributed by atoms with Crippen LogP contribution in [0.2, 0.25) is 0 Å². The van der Waals surface area contributed by atoms with Crippen LogP contribution in [0.5, 0.6) is 0 Å². The van der Waals surface area contributed by atoms with E-state index in [9.17, 15) is 9.59 Å². The van der Waals surface area contributed by atoms with Crippen molar-refractivity contribution in [2.45, 2.75) is 20.1 Å². The van der Waals surface area contributed by atoms with Gasteiger partial charge in [0.15, 0.2) is 0 Å². The average molecular weight is 521 g/mol. The summed E-state index contributed by atoms with van der Waals surface area (Å²) in [7, 11) is 11.0. The molecule has 0 aromatic heterocycles. The Morgan fingerprint density at radius 2 is 1.16 bits per heavy atom. The lowest BCUT2D eigenvalue weighted by Crippen LogP contribution is -2.48. The van der Waals surface area contributed by atoms with Crippen LogP contribution in [0.15, 0.2) is 0 Å². The standard InChI is InChI=1S/C9H12B2Br4N2O2/c1-7(2,3-16-5(18)8(10,12)13)4-17-6(19)9(11,14)15/h3-4H2,1-2H3,(H,16,18)(H,17,19). The molecule has 0 rings (SSSR count). The third-order valence-electron chi connectivity index (χ3n) is 2.06. The number of rotatable bonds is 6. The van der Waals surface area contributed by atoms with E-state index in [-0.39, 0.29) is 5.41 Å². The predicted molar refractivity (Wildman–Crippen MR) is 92.5 cm³/mol. The van der Waals surface area contributed by atoms with Crippen molar-refractivity contribution in [3.63, 3.8) is 0 Å². The number of alkyl halides is 4. The molecule has 19 heavy (non-hydrogen) atoms. The van der Waals surface area contributed by atoms with Crippen LogP contribution in [0.4, 0.5) is 0 Å². The minimum atomic E-state index is -1.29. The van der Waals surface area contributed by atoms with Crippen LogP contribution in [0, 0.1) is 5.41 Å². The van der Waals surface area contributed by atoms with E-state index in [0.29, 0.717) is 13.1 Å². The molecule has 0 aliphatic carbocycles. The molecule has 0 aromatic carbocycles. The Hall–Kier alpha value is 0.990. The first-order valence-electron chi connectivity index (χ1n) is 5.16. The van der Waals surface area contributed by atoms with Gasteiger partial charge in [-0.05, 0) is 5.41 Å². The normalized spacial score (nSPS) is 12.9. The summed E-state index contributed by atoms with van der Waals surface area (Å²) >= 11 is 11.9. The van der Waals surface area contributed by atoms with Gasteiger partial charge in [0.2, 0.25) is 11.8 Å². The van der Waals surface area contributed by atoms with E-state index >= 15 is 0 Å². The maximum Gasteiger partial charge on any atom is 0.238 e. The van der Waals surface area contributed by atoms with Gasteiger partial charge in [-0.15, -0.1) is 0 Å². The maximum atomic E-state index is 11.6. The zero-order valence-electron chi connectivity index (χ0n) is 10.4. The van der Waals surface area contributed by atoms with Crippen LogP contribution in [0.1, 0.15) is 13.8 Å². The van der Waals surface area contributed by atoms with Crippen LogP contribution >= 0.6 is 63.7 Å². The van der Waals surface area contributed by atoms with Gasteiger partial charge in [-0.1, -0.05) is 77.6 Å². The van der Waals surface area contributed by atoms with Crippen LogP contribution < -0.4 is 10.6 Å². The minimum absolute atomic E-state index is 0.338. The second kappa shape index (κ2) is 7.31. The van der Waals surface area contributed by atoms with Crippen molar-refractivity contribution in [2.75, 3.05) is 13.1 Å². The third kappa shape index (κ3) is 8.78. The Bertz CT molecular complexity index is 321. The van der Waals surface area contributed by atoms with Gasteiger partial charge in [-0.2, -0.15) is 0 Å². The lowest BCUT2D eigenvalue weighted by molar-refractivity contribution is -0.120. The van der Waals surface area contributed by atoms with Crippen molar-refractivity contribution in [1.29, 1.82) is 0 Å². The van der Waals surface area contributed by atoms with Crippen molar-refractivity contribution in [1.82, 2.24) is 10.6 Å². The SMILES string of the molecule is [B]C(Br)(Br)C(=O)NCC(C)(C)CNC(=O)C([B])(Br)Br. The number of hydrogen-bond donors (Lipinski definition) is 2. The average Bonchev–Trinajstić information content (AvgIpc) is 2.20. The molecular weight excluding hydrogens is 509 g/mol. The highest BCUT2D eigenvalue weighted by atomic mass is 79.9. The topological polar surface area (TPSA) is 58.2 Å². The second-order valence-electron chi connectivity index (χ2n) is 4.78. The number of carbonyl (C=O) groups is 2. The van der Waals surface area contributed by atoms with Gasteiger partial charge in [0.1, 0.15) is 22.0 Å². The molecule has 0 aliphatic heterocycles. The fourth-order valence-electron chi connectivity index (χ4n) is 0.937. The lowest BCUT2D eigenvalue weighted by atomic mass is 9.92. The van der Waals surface area contributed by atoms with Crippen molar-refractivity contribution < 1.29 is 9.59 Å². The van der Waals surface area contributed by atoms with Gasteiger partial charge in [-0.3, -0.25) is 9.59 Å². The summed E-state index contributed by atoms with van der Waals surface area (Å²) in [5, 5.41) is 5.32. The molecule has 0 bridgehead atoms. The zero-order valence-corrected chi connectivity index (χ0v) is 16.7. The highest BCUT2D eigenvalue weighted by Crippen LogP contribution is 2.23. The Labute approximate surface area is 149 Å². The van der Waals surface area contributed by atoms with E-state index in [1.807, 2.05) is 13.8 Å². The number of nitrogens with one attached hydrogen (secondary N) is 2. The first-order valence-corrected chi connectivity index (χ1v) is 8.33. The predicted octanol–water partition coefficient (Wildman–Crippen LogP) is 1.47.